The predicted molar refractivity (Wildman–Crippen MR) is 81.7 cm³/mol. The van der Waals surface area contributed by atoms with E-state index in [4.69, 9.17) is 0 Å². The minimum absolute atomic E-state index is 0.197. The van der Waals surface area contributed by atoms with Gasteiger partial charge in [0.2, 0.25) is 5.91 Å². The van der Waals surface area contributed by atoms with Crippen molar-refractivity contribution in [2.45, 2.75) is 19.4 Å². The Kier molecular flexibility index (Phi) is 5.66. The maximum atomic E-state index is 12.0. The van der Waals surface area contributed by atoms with Crippen LogP contribution in [0, 0.1) is 5.92 Å². The first-order valence-corrected chi connectivity index (χ1v) is 7.43. The van der Waals surface area contributed by atoms with E-state index in [0.717, 1.165) is 18.7 Å². The summed E-state index contributed by atoms with van der Waals surface area (Å²) in [5, 5.41) is 5.37. The van der Waals surface area contributed by atoms with E-state index in [-0.39, 0.29) is 11.8 Å². The molecule has 6 heteroatoms. The number of amides is 3. The molecule has 0 saturated carbocycles. The number of nitrogens with one attached hydrogen (secondary N) is 2. The average molecular weight is 303 g/mol. The van der Waals surface area contributed by atoms with Crippen LogP contribution in [0.1, 0.15) is 18.4 Å². The van der Waals surface area contributed by atoms with Crippen molar-refractivity contribution in [2.24, 2.45) is 5.92 Å². The molecule has 1 aliphatic rings. The summed E-state index contributed by atoms with van der Waals surface area (Å²) in [4.78, 5) is 37.2. The number of carbonyl (C=O) groups excluding carboxylic acids is 3. The fourth-order valence-corrected chi connectivity index (χ4v) is 2.45. The Balaban J connectivity index is 1.85. The lowest BCUT2D eigenvalue weighted by Gasteiger charge is -2.22. The van der Waals surface area contributed by atoms with Crippen LogP contribution in [0.25, 0.3) is 0 Å². The highest BCUT2D eigenvalue weighted by Crippen LogP contribution is 2.11. The summed E-state index contributed by atoms with van der Waals surface area (Å²) in [6, 6.07) is 9.38. The zero-order valence-corrected chi connectivity index (χ0v) is 12.7. The van der Waals surface area contributed by atoms with Gasteiger partial charge in [-0.2, -0.15) is 0 Å². The van der Waals surface area contributed by atoms with Gasteiger partial charge in [-0.3, -0.25) is 19.7 Å². The monoisotopic (exact) mass is 303 g/mol. The largest absolute Gasteiger partial charge is 0.333 e. The normalized spacial score (nSPS) is 15.1. The highest BCUT2D eigenvalue weighted by Gasteiger charge is 2.26. The van der Waals surface area contributed by atoms with Crippen LogP contribution < -0.4 is 10.6 Å². The van der Waals surface area contributed by atoms with Gasteiger partial charge in [-0.05, 0) is 31.5 Å². The van der Waals surface area contributed by atoms with Gasteiger partial charge in [0.1, 0.15) is 0 Å². The van der Waals surface area contributed by atoms with E-state index in [9.17, 15) is 14.4 Å². The van der Waals surface area contributed by atoms with Crippen molar-refractivity contribution in [3.8, 4) is 0 Å². The molecule has 0 bridgehead atoms. The van der Waals surface area contributed by atoms with E-state index in [0.29, 0.717) is 19.4 Å². The predicted octanol–water partition coefficient (Wildman–Crippen LogP) is 0.287. The van der Waals surface area contributed by atoms with Crippen LogP contribution in [0.3, 0.4) is 0 Å². The first-order chi connectivity index (χ1) is 10.6. The zero-order valence-electron chi connectivity index (χ0n) is 12.7. The SMILES string of the molecule is CN(Cc1ccccc1)C(=O)C(=O)NC(=O)C1CCNCC1. The van der Waals surface area contributed by atoms with Crippen molar-refractivity contribution < 1.29 is 14.4 Å². The van der Waals surface area contributed by atoms with Crippen molar-refractivity contribution in [2.75, 3.05) is 20.1 Å². The third kappa shape index (κ3) is 4.39. The smallest absolute Gasteiger partial charge is 0.316 e. The molecule has 0 aromatic heterocycles. The van der Waals surface area contributed by atoms with E-state index >= 15 is 0 Å². The number of nitrogens with zero attached hydrogens (tertiary/aromatic N) is 1. The summed E-state index contributed by atoms with van der Waals surface area (Å²) in [6.07, 6.45) is 1.38. The van der Waals surface area contributed by atoms with E-state index in [1.165, 1.54) is 4.90 Å². The minimum atomic E-state index is -0.859. The molecule has 1 fully saturated rings. The van der Waals surface area contributed by atoms with Gasteiger partial charge in [-0.15, -0.1) is 0 Å². The summed E-state index contributed by atoms with van der Waals surface area (Å²) in [5.41, 5.74) is 0.927. The Morgan fingerprint density at radius 3 is 2.45 bits per heavy atom. The van der Waals surface area contributed by atoms with Crippen LogP contribution in [0.4, 0.5) is 0 Å². The molecule has 1 saturated heterocycles. The number of hydrogen-bond acceptors (Lipinski definition) is 4. The van der Waals surface area contributed by atoms with Crippen LogP contribution in [0.5, 0.6) is 0 Å². The maximum Gasteiger partial charge on any atom is 0.316 e. The Labute approximate surface area is 129 Å². The third-order valence-electron chi connectivity index (χ3n) is 3.75. The summed E-state index contributed by atoms with van der Waals surface area (Å²) in [5.74, 6) is -2.11. The van der Waals surface area contributed by atoms with Gasteiger partial charge < -0.3 is 10.2 Å². The molecule has 0 aliphatic carbocycles. The highest BCUT2D eigenvalue weighted by atomic mass is 16.2. The van der Waals surface area contributed by atoms with Crippen LogP contribution in [-0.4, -0.2) is 42.8 Å². The molecule has 0 atom stereocenters. The van der Waals surface area contributed by atoms with Crippen molar-refractivity contribution in [1.82, 2.24) is 15.5 Å². The number of likely N-dealkylation sites (N-methyl/N-ethyl adjacent to an activating group) is 1. The van der Waals surface area contributed by atoms with E-state index in [1.54, 1.807) is 7.05 Å². The van der Waals surface area contributed by atoms with E-state index < -0.39 is 11.8 Å². The molecular formula is C16H21N3O3. The fourth-order valence-electron chi connectivity index (χ4n) is 2.45. The number of benzene rings is 1. The van der Waals surface area contributed by atoms with E-state index in [2.05, 4.69) is 10.6 Å². The van der Waals surface area contributed by atoms with Crippen molar-refractivity contribution in [3.63, 3.8) is 0 Å². The quantitative estimate of drug-likeness (QED) is 0.787. The molecule has 2 rings (SSSR count). The minimum Gasteiger partial charge on any atom is -0.333 e. The lowest BCUT2D eigenvalue weighted by molar-refractivity contribution is -0.148. The van der Waals surface area contributed by atoms with Gasteiger partial charge in [-0.1, -0.05) is 30.3 Å². The van der Waals surface area contributed by atoms with E-state index in [1.807, 2.05) is 30.3 Å². The van der Waals surface area contributed by atoms with Gasteiger partial charge in [0.15, 0.2) is 0 Å². The molecular weight excluding hydrogens is 282 g/mol. The molecule has 0 spiro atoms. The molecule has 6 nitrogen and oxygen atoms in total. The molecule has 0 unspecified atom stereocenters. The third-order valence-corrected chi connectivity index (χ3v) is 3.75. The molecule has 3 amide bonds. The van der Waals surface area contributed by atoms with Crippen molar-refractivity contribution in [3.05, 3.63) is 35.9 Å². The molecule has 1 aromatic carbocycles. The molecule has 2 N–H and O–H groups in total. The Morgan fingerprint density at radius 2 is 1.82 bits per heavy atom. The van der Waals surface area contributed by atoms with Gasteiger partial charge in [0.05, 0.1) is 0 Å². The molecule has 0 radical (unpaired) electrons. The van der Waals surface area contributed by atoms with Gasteiger partial charge >= 0.3 is 11.8 Å². The standard InChI is InChI=1S/C16H21N3O3/c1-19(11-12-5-3-2-4-6-12)16(22)15(21)18-14(20)13-7-9-17-10-8-13/h2-6,13,17H,7-11H2,1H3,(H,18,20,21). The highest BCUT2D eigenvalue weighted by molar-refractivity contribution is 6.37. The fraction of sp³-hybridized carbons (Fsp3) is 0.438. The number of rotatable bonds is 3. The van der Waals surface area contributed by atoms with Gasteiger partial charge in [0.25, 0.3) is 0 Å². The summed E-state index contributed by atoms with van der Waals surface area (Å²) < 4.78 is 0. The average Bonchev–Trinajstić information content (AvgIpc) is 2.55. The number of imide groups is 1. The second-order valence-corrected chi connectivity index (χ2v) is 5.49. The molecule has 1 aliphatic heterocycles. The van der Waals surface area contributed by atoms with Crippen molar-refractivity contribution in [1.29, 1.82) is 0 Å². The Hall–Kier alpha value is -2.21. The number of carbonyl (C=O) groups is 3. The van der Waals surface area contributed by atoms with Crippen LogP contribution in [0.15, 0.2) is 30.3 Å². The molecule has 1 heterocycles. The van der Waals surface area contributed by atoms with Gasteiger partial charge in [-0.25, -0.2) is 0 Å². The lowest BCUT2D eigenvalue weighted by Crippen LogP contribution is -2.46. The lowest BCUT2D eigenvalue weighted by atomic mass is 9.97. The second-order valence-electron chi connectivity index (χ2n) is 5.49. The second kappa shape index (κ2) is 7.70. The number of piperidine rings is 1. The van der Waals surface area contributed by atoms with Crippen LogP contribution >= 0.6 is 0 Å². The maximum absolute atomic E-state index is 12.0. The summed E-state index contributed by atoms with van der Waals surface area (Å²) >= 11 is 0. The Bertz CT molecular complexity index is 539. The summed E-state index contributed by atoms with van der Waals surface area (Å²) in [7, 11) is 1.55. The van der Waals surface area contributed by atoms with Gasteiger partial charge in [0, 0.05) is 19.5 Å². The number of hydrogen-bond donors (Lipinski definition) is 2. The molecule has 118 valence electrons. The molecule has 1 aromatic rings. The summed E-state index contributed by atoms with van der Waals surface area (Å²) in [6.45, 7) is 1.84. The zero-order chi connectivity index (χ0) is 15.9. The van der Waals surface area contributed by atoms with Crippen LogP contribution in [0.2, 0.25) is 0 Å². The molecule has 22 heavy (non-hydrogen) atoms. The topological polar surface area (TPSA) is 78.5 Å². The first kappa shape index (κ1) is 16.2. The first-order valence-electron chi connectivity index (χ1n) is 7.43. The van der Waals surface area contributed by atoms with Crippen LogP contribution in [-0.2, 0) is 20.9 Å². The Morgan fingerprint density at radius 1 is 1.18 bits per heavy atom. The van der Waals surface area contributed by atoms with Crippen molar-refractivity contribution >= 4 is 17.7 Å².